The maximum absolute atomic E-state index is 12.7. The second kappa shape index (κ2) is 9.23. The van der Waals surface area contributed by atoms with Crippen LogP contribution in [0.15, 0.2) is 62.9 Å². The maximum Gasteiger partial charge on any atom is 0.263 e. The molecule has 0 spiro atoms. The highest BCUT2D eigenvalue weighted by molar-refractivity contribution is 7.90. The lowest BCUT2D eigenvalue weighted by molar-refractivity contribution is -0.131. The Morgan fingerprint density at radius 2 is 1.83 bits per heavy atom. The number of carbonyl (C=O) groups is 1. The third-order valence-corrected chi connectivity index (χ3v) is 7.76. The summed E-state index contributed by atoms with van der Waals surface area (Å²) in [5.74, 6) is 1.16. The number of carbonyl (C=O) groups excluding carboxylic acids is 1. The Kier molecular flexibility index (Phi) is 6.12. The molecule has 11 heteroatoms. The highest BCUT2D eigenvalue weighted by Crippen LogP contribution is 2.24. The van der Waals surface area contributed by atoms with Crippen LogP contribution in [0.5, 0.6) is 0 Å². The molecule has 1 unspecified atom stereocenters. The molecule has 182 valence electrons. The predicted octanol–water partition coefficient (Wildman–Crippen LogP) is 1.99. The van der Waals surface area contributed by atoms with E-state index in [1.54, 1.807) is 23.1 Å². The fraction of sp³-hybridized carbons (Fsp3) is 0.333. The summed E-state index contributed by atoms with van der Waals surface area (Å²) in [4.78, 5) is 25.7. The number of benzene rings is 2. The first kappa shape index (κ1) is 23.2. The second-order valence-corrected chi connectivity index (χ2v) is 10.3. The number of aryl methyl sites for hydroxylation is 1. The molecule has 1 aromatic heterocycles. The summed E-state index contributed by atoms with van der Waals surface area (Å²) in [6.45, 7) is 6.30. The first-order chi connectivity index (χ1) is 16.8. The van der Waals surface area contributed by atoms with Gasteiger partial charge in [-0.1, -0.05) is 47.1 Å². The van der Waals surface area contributed by atoms with Gasteiger partial charge in [-0.15, -0.1) is 0 Å². The zero-order valence-corrected chi connectivity index (χ0v) is 20.3. The number of sulfonamides is 1. The summed E-state index contributed by atoms with van der Waals surface area (Å²) in [6.07, 6.45) is 0. The largest absolute Gasteiger partial charge is 0.339 e. The van der Waals surface area contributed by atoms with E-state index in [0.717, 1.165) is 5.56 Å². The number of hydrogen-bond acceptors (Lipinski definition) is 8. The smallest absolute Gasteiger partial charge is 0.263 e. The lowest BCUT2D eigenvalue weighted by Crippen LogP contribution is -2.50. The Bertz CT molecular complexity index is 1380. The molecular weight excluding hydrogens is 468 g/mol. The van der Waals surface area contributed by atoms with Crippen molar-refractivity contribution in [3.8, 4) is 11.4 Å². The van der Waals surface area contributed by atoms with Crippen molar-refractivity contribution < 1.29 is 17.7 Å². The van der Waals surface area contributed by atoms with Gasteiger partial charge in [0.05, 0.1) is 10.9 Å². The van der Waals surface area contributed by atoms with Gasteiger partial charge in [0.1, 0.15) is 12.4 Å². The molecule has 1 saturated heterocycles. The molecule has 3 aromatic rings. The van der Waals surface area contributed by atoms with E-state index in [2.05, 4.69) is 24.8 Å². The third kappa shape index (κ3) is 4.69. The van der Waals surface area contributed by atoms with Crippen LogP contribution in [-0.4, -0.2) is 72.8 Å². The number of amidine groups is 1. The molecule has 1 amide bonds. The van der Waals surface area contributed by atoms with Crippen molar-refractivity contribution in [3.63, 3.8) is 0 Å². The molecule has 0 aliphatic carbocycles. The van der Waals surface area contributed by atoms with Gasteiger partial charge in [0.2, 0.25) is 17.6 Å². The normalized spacial score (nSPS) is 19.4. The van der Waals surface area contributed by atoms with Gasteiger partial charge in [0, 0.05) is 37.3 Å². The molecule has 1 fully saturated rings. The standard InChI is InChI=1S/C24H26N6O4S/c1-16-7-9-18(10-8-16)22-26-24(34-27-22)17(2)29-11-13-30(14-12-29)21(31)15-25-23-19-5-3-4-6-20(19)35(32,33)28-23/h3-10,17H,11-15H2,1-2H3,(H,25,28). The van der Waals surface area contributed by atoms with Gasteiger partial charge in [-0.3, -0.25) is 19.4 Å². The number of rotatable bonds is 5. The predicted molar refractivity (Wildman–Crippen MR) is 129 cm³/mol. The Labute approximate surface area is 203 Å². The van der Waals surface area contributed by atoms with Crippen LogP contribution in [0.1, 0.15) is 30.0 Å². The molecule has 10 nitrogen and oxygen atoms in total. The zero-order chi connectivity index (χ0) is 24.6. The van der Waals surface area contributed by atoms with Gasteiger partial charge in [-0.05, 0) is 26.0 Å². The number of amides is 1. The summed E-state index contributed by atoms with van der Waals surface area (Å²) in [7, 11) is -3.62. The number of fused-ring (bicyclic) bond motifs is 1. The van der Waals surface area contributed by atoms with E-state index in [1.807, 2.05) is 38.1 Å². The van der Waals surface area contributed by atoms with Crippen molar-refractivity contribution in [2.24, 2.45) is 4.99 Å². The Balaban J connectivity index is 1.17. The SMILES string of the molecule is Cc1ccc(-c2noc(C(C)N3CCN(C(=O)CN=C4NS(=O)(=O)c5ccccc54)CC3)n2)cc1. The van der Waals surface area contributed by atoms with E-state index in [1.165, 1.54) is 11.6 Å². The van der Waals surface area contributed by atoms with Crippen LogP contribution in [0, 0.1) is 6.92 Å². The Hall–Kier alpha value is -3.57. The summed E-state index contributed by atoms with van der Waals surface area (Å²) in [5.41, 5.74) is 2.56. The van der Waals surface area contributed by atoms with Gasteiger partial charge in [0.15, 0.2) is 0 Å². The quantitative estimate of drug-likeness (QED) is 0.576. The van der Waals surface area contributed by atoms with Gasteiger partial charge in [0.25, 0.3) is 10.0 Å². The van der Waals surface area contributed by atoms with Crippen molar-refractivity contribution in [1.29, 1.82) is 0 Å². The van der Waals surface area contributed by atoms with E-state index in [0.29, 0.717) is 43.5 Å². The van der Waals surface area contributed by atoms with Gasteiger partial charge < -0.3 is 9.42 Å². The van der Waals surface area contributed by atoms with E-state index in [4.69, 9.17) is 4.52 Å². The molecule has 0 bridgehead atoms. The fourth-order valence-electron chi connectivity index (χ4n) is 4.24. The number of piperazine rings is 1. The molecular formula is C24H26N6O4S. The Morgan fingerprint density at radius 3 is 2.57 bits per heavy atom. The molecule has 0 saturated carbocycles. The molecule has 5 rings (SSSR count). The number of aromatic nitrogens is 2. The monoisotopic (exact) mass is 494 g/mol. The van der Waals surface area contributed by atoms with Crippen LogP contribution < -0.4 is 4.72 Å². The van der Waals surface area contributed by atoms with Crippen LogP contribution in [0.3, 0.4) is 0 Å². The summed E-state index contributed by atoms with van der Waals surface area (Å²) in [6, 6.07) is 14.5. The minimum atomic E-state index is -3.62. The highest BCUT2D eigenvalue weighted by atomic mass is 32.2. The van der Waals surface area contributed by atoms with Crippen molar-refractivity contribution in [2.75, 3.05) is 32.7 Å². The lowest BCUT2D eigenvalue weighted by atomic mass is 10.1. The average Bonchev–Trinajstić information content (AvgIpc) is 3.46. The van der Waals surface area contributed by atoms with Crippen molar-refractivity contribution in [1.82, 2.24) is 24.7 Å². The van der Waals surface area contributed by atoms with Crippen LogP contribution in [0.4, 0.5) is 0 Å². The third-order valence-electron chi connectivity index (χ3n) is 6.36. The first-order valence-corrected chi connectivity index (χ1v) is 12.9. The summed E-state index contributed by atoms with van der Waals surface area (Å²) < 4.78 is 32.4. The topological polar surface area (TPSA) is 121 Å². The van der Waals surface area contributed by atoms with Crippen LogP contribution >= 0.6 is 0 Å². The molecule has 1 atom stereocenters. The first-order valence-electron chi connectivity index (χ1n) is 11.4. The molecule has 1 N–H and O–H groups in total. The van der Waals surface area contributed by atoms with E-state index in [-0.39, 0.29) is 29.2 Å². The highest BCUT2D eigenvalue weighted by Gasteiger charge is 2.31. The molecule has 35 heavy (non-hydrogen) atoms. The van der Waals surface area contributed by atoms with Crippen molar-refractivity contribution in [3.05, 3.63) is 65.5 Å². The van der Waals surface area contributed by atoms with Crippen molar-refractivity contribution >= 4 is 21.8 Å². The lowest BCUT2D eigenvalue weighted by Gasteiger charge is -2.36. The number of nitrogens with zero attached hydrogens (tertiary/aromatic N) is 5. The van der Waals surface area contributed by atoms with Crippen LogP contribution in [-0.2, 0) is 14.8 Å². The van der Waals surface area contributed by atoms with E-state index >= 15 is 0 Å². The second-order valence-electron chi connectivity index (χ2n) is 8.68. The zero-order valence-electron chi connectivity index (χ0n) is 19.5. The van der Waals surface area contributed by atoms with E-state index in [9.17, 15) is 13.2 Å². The minimum absolute atomic E-state index is 0.0800. The van der Waals surface area contributed by atoms with Gasteiger partial charge in [-0.2, -0.15) is 4.98 Å². The fourth-order valence-corrected chi connectivity index (χ4v) is 5.49. The summed E-state index contributed by atoms with van der Waals surface area (Å²) in [5, 5.41) is 4.12. The van der Waals surface area contributed by atoms with Gasteiger partial charge >= 0.3 is 0 Å². The molecule has 2 aromatic carbocycles. The minimum Gasteiger partial charge on any atom is -0.339 e. The maximum atomic E-state index is 12.7. The van der Waals surface area contributed by atoms with E-state index < -0.39 is 10.0 Å². The number of nitrogens with one attached hydrogen (secondary N) is 1. The number of aliphatic imine (C=N–C) groups is 1. The van der Waals surface area contributed by atoms with Crippen LogP contribution in [0.2, 0.25) is 0 Å². The number of hydrogen-bond donors (Lipinski definition) is 1. The molecule has 3 heterocycles. The molecule has 2 aliphatic heterocycles. The van der Waals surface area contributed by atoms with Gasteiger partial charge in [-0.25, -0.2) is 8.42 Å². The molecule has 2 aliphatic rings. The molecule has 0 radical (unpaired) electrons. The Morgan fingerprint density at radius 1 is 1.11 bits per heavy atom. The van der Waals surface area contributed by atoms with Crippen LogP contribution in [0.25, 0.3) is 11.4 Å². The van der Waals surface area contributed by atoms with Crippen molar-refractivity contribution in [2.45, 2.75) is 24.8 Å². The summed E-state index contributed by atoms with van der Waals surface area (Å²) >= 11 is 0. The average molecular weight is 495 g/mol.